The Hall–Kier alpha value is -0.411. The summed E-state index contributed by atoms with van der Waals surface area (Å²) in [6.45, 7) is 7.60. The van der Waals surface area contributed by atoms with Gasteiger partial charge in [-0.05, 0) is 32.5 Å². The van der Waals surface area contributed by atoms with Gasteiger partial charge in [0.05, 0.1) is 13.1 Å². The maximum atomic E-state index is 9.81. The van der Waals surface area contributed by atoms with E-state index >= 15 is 0 Å². The van der Waals surface area contributed by atoms with Crippen LogP contribution in [-0.4, -0.2) is 96.7 Å². The Balaban J connectivity index is 0. The predicted octanol–water partition coefficient (Wildman–Crippen LogP) is -1.32. The molecule has 0 aromatic heterocycles. The van der Waals surface area contributed by atoms with Crippen LogP contribution in [0.3, 0.4) is 0 Å². The smallest absolute Gasteiger partial charge is 0.870 e. The monoisotopic (exact) mass is 469 g/mol. The molecule has 2 saturated heterocycles. The van der Waals surface area contributed by atoms with Gasteiger partial charge in [0.15, 0.2) is 11.5 Å². The van der Waals surface area contributed by atoms with Gasteiger partial charge >= 0.3 is 46.6 Å². The van der Waals surface area contributed by atoms with Crippen molar-refractivity contribution in [2.45, 2.75) is 12.8 Å². The molecule has 2 aliphatic heterocycles. The van der Waals surface area contributed by atoms with Crippen molar-refractivity contribution in [1.82, 2.24) is 9.80 Å². The van der Waals surface area contributed by atoms with Crippen LogP contribution in [-0.2, 0) is 21.9 Å². The summed E-state index contributed by atoms with van der Waals surface area (Å²) in [6.07, 6.45) is 6.94. The first-order valence-corrected chi connectivity index (χ1v) is 9.47. The van der Waals surface area contributed by atoms with E-state index in [9.17, 15) is 4.79 Å². The molecule has 0 saturated carbocycles. The van der Waals surface area contributed by atoms with Crippen LogP contribution in [0.25, 0.3) is 6.08 Å². The molecule has 9 heteroatoms. The predicted molar refractivity (Wildman–Crippen MR) is 110 cm³/mol. The van der Waals surface area contributed by atoms with Crippen molar-refractivity contribution in [3.05, 3.63) is 35.9 Å². The van der Waals surface area contributed by atoms with E-state index in [-0.39, 0.29) is 63.6 Å². The van der Waals surface area contributed by atoms with Gasteiger partial charge in [-0.2, -0.15) is 12.2 Å². The minimum Gasteiger partial charge on any atom is -0.870 e. The molecule has 7 nitrogen and oxygen atoms in total. The van der Waals surface area contributed by atoms with Crippen LogP contribution in [0.15, 0.2) is 24.3 Å². The topological polar surface area (TPSA) is 94.0 Å². The van der Waals surface area contributed by atoms with Crippen LogP contribution < -0.4 is 29.6 Å². The van der Waals surface area contributed by atoms with Gasteiger partial charge in [0.25, 0.3) is 0 Å². The number of allylic oxidation sites excluding steroid dienone is 1. The molecule has 2 fully saturated rings. The van der Waals surface area contributed by atoms with Crippen molar-refractivity contribution in [2.75, 3.05) is 60.4 Å². The van der Waals surface area contributed by atoms with E-state index in [1.54, 1.807) is 18.4 Å². The van der Waals surface area contributed by atoms with E-state index < -0.39 is 0 Å². The molecule has 0 amide bonds. The molecular formula is C21H33MnN3NaO4+2. The van der Waals surface area contributed by atoms with Crippen molar-refractivity contribution < 1.29 is 71.6 Å². The number of fused-ring (bicyclic) bond motifs is 1. The van der Waals surface area contributed by atoms with Crippen molar-refractivity contribution in [3.8, 4) is 11.5 Å². The molecule has 0 radical (unpaired) electrons. The molecule has 1 aromatic rings. The summed E-state index contributed by atoms with van der Waals surface area (Å²) in [5.74, 6) is -0.384. The van der Waals surface area contributed by atoms with Crippen molar-refractivity contribution in [2.24, 2.45) is 0 Å². The van der Waals surface area contributed by atoms with Crippen LogP contribution in [0.5, 0.6) is 11.5 Å². The van der Waals surface area contributed by atoms with Crippen LogP contribution >= 0.6 is 0 Å². The van der Waals surface area contributed by atoms with E-state index in [4.69, 9.17) is 10.2 Å². The summed E-state index contributed by atoms with van der Waals surface area (Å²) in [6, 6.07) is 5.99. The van der Waals surface area contributed by atoms with Gasteiger partial charge < -0.3 is 34.8 Å². The number of likely N-dealkylation sites (N-methyl/N-ethyl adjacent to an activating group) is 3. The molecule has 0 aliphatic carbocycles. The fourth-order valence-electron chi connectivity index (χ4n) is 3.75. The van der Waals surface area contributed by atoms with Gasteiger partial charge in [-0.15, -0.1) is 5.56 Å². The number of phenols is 2. The molecule has 0 unspecified atom stereocenters. The summed E-state index contributed by atoms with van der Waals surface area (Å²) < 4.78 is 1.23. The Morgan fingerprint density at radius 1 is 1.07 bits per heavy atom. The maximum absolute atomic E-state index is 9.81. The number of benzene rings is 1. The van der Waals surface area contributed by atoms with E-state index in [1.807, 2.05) is 0 Å². The third-order valence-corrected chi connectivity index (χ3v) is 5.39. The first-order valence-electron chi connectivity index (χ1n) is 9.47. The van der Waals surface area contributed by atoms with Crippen LogP contribution in [0.1, 0.15) is 18.4 Å². The molecule has 30 heavy (non-hydrogen) atoms. The standard InChI is InChI=1S/C12H25N3.C9H7O3.Mn.Na.H2O/c1-13-6-4-8-15(3)9-5-7-14(2)11-12(15)10-13;10-5-1-2-7-3-4-8(11)9(12)6-7;;;/h4-11H2,1-3H3;1-4,6,11-12H;;;1H2/q;-1;+3;+1;/p-1/b;2-1+;;;. The number of phenolic OH excluding ortho intramolecular Hbond substituents is 2. The Labute approximate surface area is 213 Å². The molecule has 0 spiro atoms. The van der Waals surface area contributed by atoms with E-state index in [2.05, 4.69) is 30.9 Å². The Bertz CT molecular complexity index is 645. The zero-order valence-corrected chi connectivity index (χ0v) is 21.7. The number of nitrogens with zero attached hydrogens (tertiary/aromatic N) is 3. The molecule has 3 rings (SSSR count). The average Bonchev–Trinajstić information content (AvgIpc) is 2.83. The summed E-state index contributed by atoms with van der Waals surface area (Å²) in [4.78, 5) is 14.8. The molecule has 0 atom stereocenters. The molecule has 1 aromatic carbocycles. The largest absolute Gasteiger partial charge is 3.00 e. The Morgan fingerprint density at radius 2 is 1.60 bits per heavy atom. The van der Waals surface area contributed by atoms with E-state index in [0.717, 1.165) is 0 Å². The van der Waals surface area contributed by atoms with Crippen molar-refractivity contribution >= 4 is 12.4 Å². The second kappa shape index (κ2) is 15.4. The number of aromatic hydroxyl groups is 2. The fourth-order valence-corrected chi connectivity index (χ4v) is 3.75. The van der Waals surface area contributed by atoms with E-state index in [0.29, 0.717) is 5.56 Å². The summed E-state index contributed by atoms with van der Waals surface area (Å²) in [5.41, 5.74) is 0.633. The molecular weight excluding hydrogens is 436 g/mol. The van der Waals surface area contributed by atoms with Gasteiger partial charge in [0, 0.05) is 33.0 Å². The zero-order valence-electron chi connectivity index (χ0n) is 18.5. The Morgan fingerprint density at radius 3 is 2.07 bits per heavy atom. The normalized spacial score (nSPS) is 19.4. The van der Waals surface area contributed by atoms with E-state index in [1.165, 1.54) is 80.9 Å². The fraction of sp³-hybridized carbons (Fsp3) is 0.524. The molecule has 0 bridgehead atoms. The van der Waals surface area contributed by atoms with Crippen LogP contribution in [0, 0.1) is 6.04 Å². The van der Waals surface area contributed by atoms with Crippen molar-refractivity contribution in [3.63, 3.8) is 0 Å². The molecule has 162 valence electrons. The summed E-state index contributed by atoms with van der Waals surface area (Å²) >= 11 is 0. The van der Waals surface area contributed by atoms with Gasteiger partial charge in [0.2, 0.25) is 0 Å². The maximum Gasteiger partial charge on any atom is 3.00 e. The number of rotatable bonds is 2. The number of hydrogen-bond donors (Lipinski definition) is 2. The second-order valence-electron chi connectivity index (χ2n) is 7.79. The zero-order chi connectivity index (χ0) is 19.9. The minimum absolute atomic E-state index is 0. The summed E-state index contributed by atoms with van der Waals surface area (Å²) in [7, 11) is 6.95. The third-order valence-electron chi connectivity index (χ3n) is 5.39. The first kappa shape index (κ1) is 31.8. The second-order valence-corrected chi connectivity index (χ2v) is 7.79. The Kier molecular flexibility index (Phi) is 16.3. The SMILES string of the molecule is CN1CCC[N+]2(C)CCCN(C)C[C-]2C1.O=[C-]/C=C/c1ccc(O)c(O)c1.[Mn+3].[Na+].[OH-]. The van der Waals surface area contributed by atoms with Gasteiger partial charge in [-0.3, -0.25) is 0 Å². The number of hydrogen-bond acceptors (Lipinski definition) is 6. The number of quaternary nitrogens is 1. The average molecular weight is 469 g/mol. The number of carbonyl (C=O) groups excluding carboxylic acids is 1. The summed E-state index contributed by atoms with van der Waals surface area (Å²) in [5, 5.41) is 17.9. The minimum atomic E-state index is -0.206. The first-order chi connectivity index (χ1) is 12.8. The van der Waals surface area contributed by atoms with Crippen LogP contribution in [0.2, 0.25) is 0 Å². The van der Waals surface area contributed by atoms with Gasteiger partial charge in [-0.25, -0.2) is 0 Å². The third kappa shape index (κ3) is 9.81. The quantitative estimate of drug-likeness (QED) is 0.184. The van der Waals surface area contributed by atoms with Crippen LogP contribution in [0.4, 0.5) is 0 Å². The molecule has 2 aliphatic rings. The molecule has 2 heterocycles. The van der Waals surface area contributed by atoms with Crippen molar-refractivity contribution in [1.29, 1.82) is 0 Å². The molecule has 3 N–H and O–H groups in total. The van der Waals surface area contributed by atoms with Gasteiger partial charge in [-0.1, -0.05) is 25.2 Å². The van der Waals surface area contributed by atoms with Gasteiger partial charge in [0.1, 0.15) is 0 Å².